The van der Waals surface area contributed by atoms with Crippen molar-refractivity contribution in [2.75, 3.05) is 14.2 Å². The highest BCUT2D eigenvalue weighted by atomic mass is 32.2. The van der Waals surface area contributed by atoms with Crippen molar-refractivity contribution in [1.29, 1.82) is 0 Å². The standard InChI is InChI=1S/C16H23N3O3S/c1-5-10(2)14(17)15-18-19-16(22-15)23-9-11-6-7-12(20-3)13(8-11)21-4/h6-8,10,14H,5,9,17H2,1-4H3/t10-,14+/m1/s1. The molecule has 1 heterocycles. The van der Waals surface area contributed by atoms with Crippen LogP contribution in [0.4, 0.5) is 0 Å². The Kier molecular flexibility index (Phi) is 6.29. The number of hydrogen-bond donors (Lipinski definition) is 1. The molecule has 1 aromatic carbocycles. The maximum Gasteiger partial charge on any atom is 0.276 e. The van der Waals surface area contributed by atoms with Crippen LogP contribution in [0, 0.1) is 5.92 Å². The zero-order valence-corrected chi connectivity index (χ0v) is 14.7. The number of methoxy groups -OCH3 is 2. The summed E-state index contributed by atoms with van der Waals surface area (Å²) in [6.45, 7) is 4.17. The molecule has 0 saturated carbocycles. The third kappa shape index (κ3) is 4.39. The first-order valence-corrected chi connectivity index (χ1v) is 8.50. The maximum absolute atomic E-state index is 6.10. The first kappa shape index (κ1) is 17.6. The molecule has 2 atom stereocenters. The van der Waals surface area contributed by atoms with Gasteiger partial charge in [-0.25, -0.2) is 0 Å². The molecule has 0 aliphatic carbocycles. The number of nitrogens with two attached hydrogens (primary N) is 1. The van der Waals surface area contributed by atoms with Crippen LogP contribution in [0.3, 0.4) is 0 Å². The van der Waals surface area contributed by atoms with Gasteiger partial charge in [-0.3, -0.25) is 0 Å². The zero-order chi connectivity index (χ0) is 16.8. The lowest BCUT2D eigenvalue weighted by molar-refractivity contribution is 0.333. The maximum atomic E-state index is 6.10. The van der Waals surface area contributed by atoms with Crippen LogP contribution in [0.25, 0.3) is 0 Å². The molecule has 0 spiro atoms. The molecule has 0 bridgehead atoms. The van der Waals surface area contributed by atoms with E-state index in [2.05, 4.69) is 24.0 Å². The van der Waals surface area contributed by atoms with Gasteiger partial charge in [0.2, 0.25) is 5.89 Å². The van der Waals surface area contributed by atoms with Crippen LogP contribution in [-0.2, 0) is 5.75 Å². The van der Waals surface area contributed by atoms with Gasteiger partial charge in [-0.2, -0.15) is 0 Å². The average Bonchev–Trinajstić information content (AvgIpc) is 3.07. The number of thioether (sulfide) groups is 1. The summed E-state index contributed by atoms with van der Waals surface area (Å²) in [5.74, 6) is 2.91. The van der Waals surface area contributed by atoms with Crippen LogP contribution >= 0.6 is 11.8 Å². The molecule has 0 unspecified atom stereocenters. The van der Waals surface area contributed by atoms with Crippen LogP contribution in [0.15, 0.2) is 27.8 Å². The highest BCUT2D eigenvalue weighted by molar-refractivity contribution is 7.98. The Morgan fingerprint density at radius 2 is 1.96 bits per heavy atom. The molecular weight excluding hydrogens is 314 g/mol. The molecule has 0 saturated heterocycles. The Hall–Kier alpha value is -1.73. The normalized spacial score (nSPS) is 13.6. The quantitative estimate of drug-likeness (QED) is 0.739. The van der Waals surface area contributed by atoms with Crippen LogP contribution in [0.5, 0.6) is 11.5 Å². The fourth-order valence-electron chi connectivity index (χ4n) is 2.03. The van der Waals surface area contributed by atoms with Crippen LogP contribution in [0.2, 0.25) is 0 Å². The van der Waals surface area contributed by atoms with Gasteiger partial charge in [-0.05, 0) is 23.6 Å². The van der Waals surface area contributed by atoms with E-state index in [0.29, 0.717) is 34.3 Å². The predicted molar refractivity (Wildman–Crippen MR) is 89.8 cm³/mol. The molecule has 7 heteroatoms. The molecular formula is C16H23N3O3S. The summed E-state index contributed by atoms with van der Waals surface area (Å²) in [4.78, 5) is 0. The van der Waals surface area contributed by atoms with Gasteiger partial charge < -0.3 is 19.6 Å². The lowest BCUT2D eigenvalue weighted by atomic mass is 10.0. The summed E-state index contributed by atoms with van der Waals surface area (Å²) in [5, 5.41) is 8.63. The SMILES string of the molecule is CC[C@@H](C)[C@H](N)c1nnc(SCc2ccc(OC)c(OC)c2)o1. The second-order valence-corrected chi connectivity index (χ2v) is 6.22. The van der Waals surface area contributed by atoms with E-state index in [1.165, 1.54) is 11.8 Å². The highest BCUT2D eigenvalue weighted by Gasteiger charge is 2.20. The Morgan fingerprint density at radius 3 is 2.61 bits per heavy atom. The van der Waals surface area contributed by atoms with Crippen molar-refractivity contribution in [3.63, 3.8) is 0 Å². The van der Waals surface area contributed by atoms with Gasteiger partial charge in [0.1, 0.15) is 0 Å². The molecule has 126 valence electrons. The molecule has 2 aromatic rings. The van der Waals surface area contributed by atoms with Gasteiger partial charge in [0.05, 0.1) is 20.3 Å². The Bertz CT molecular complexity index is 633. The molecule has 2 rings (SSSR count). The van der Waals surface area contributed by atoms with Crippen LogP contribution in [-0.4, -0.2) is 24.4 Å². The summed E-state index contributed by atoms with van der Waals surface area (Å²) in [5.41, 5.74) is 7.19. The summed E-state index contributed by atoms with van der Waals surface area (Å²) in [7, 11) is 3.24. The van der Waals surface area contributed by atoms with Gasteiger partial charge in [0.25, 0.3) is 5.22 Å². The van der Waals surface area contributed by atoms with E-state index in [-0.39, 0.29) is 6.04 Å². The average molecular weight is 337 g/mol. The first-order chi connectivity index (χ1) is 11.1. The van der Waals surface area contributed by atoms with Crippen molar-refractivity contribution in [1.82, 2.24) is 10.2 Å². The Morgan fingerprint density at radius 1 is 1.22 bits per heavy atom. The zero-order valence-electron chi connectivity index (χ0n) is 13.9. The van der Waals surface area contributed by atoms with Gasteiger partial charge in [0.15, 0.2) is 11.5 Å². The van der Waals surface area contributed by atoms with E-state index in [4.69, 9.17) is 19.6 Å². The molecule has 1 aromatic heterocycles. The Labute approximate surface area is 140 Å². The smallest absolute Gasteiger partial charge is 0.276 e. The number of aromatic nitrogens is 2. The third-order valence-electron chi connectivity index (χ3n) is 3.77. The van der Waals surface area contributed by atoms with Crippen molar-refractivity contribution in [2.45, 2.75) is 37.3 Å². The van der Waals surface area contributed by atoms with Crippen molar-refractivity contribution in [3.05, 3.63) is 29.7 Å². The lowest BCUT2D eigenvalue weighted by Crippen LogP contribution is -2.18. The predicted octanol–water partition coefficient (Wildman–Crippen LogP) is 3.43. The number of hydrogen-bond acceptors (Lipinski definition) is 7. The fraction of sp³-hybridized carbons (Fsp3) is 0.500. The van der Waals surface area contributed by atoms with E-state index in [1.807, 2.05) is 18.2 Å². The van der Waals surface area contributed by atoms with Crippen LogP contribution in [0.1, 0.15) is 37.8 Å². The number of benzene rings is 1. The summed E-state index contributed by atoms with van der Waals surface area (Å²) >= 11 is 1.47. The molecule has 0 amide bonds. The van der Waals surface area contributed by atoms with Gasteiger partial charge in [-0.1, -0.05) is 38.1 Å². The van der Waals surface area contributed by atoms with Crippen molar-refractivity contribution < 1.29 is 13.9 Å². The monoisotopic (exact) mass is 337 g/mol. The van der Waals surface area contributed by atoms with E-state index in [0.717, 1.165) is 12.0 Å². The van der Waals surface area contributed by atoms with E-state index >= 15 is 0 Å². The number of ether oxygens (including phenoxy) is 2. The molecule has 6 nitrogen and oxygen atoms in total. The molecule has 23 heavy (non-hydrogen) atoms. The molecule has 0 fully saturated rings. The summed E-state index contributed by atoms with van der Waals surface area (Å²) in [6.07, 6.45) is 0.970. The summed E-state index contributed by atoms with van der Waals surface area (Å²) in [6, 6.07) is 5.58. The van der Waals surface area contributed by atoms with Gasteiger partial charge >= 0.3 is 0 Å². The topological polar surface area (TPSA) is 83.4 Å². The number of nitrogens with zero attached hydrogens (tertiary/aromatic N) is 2. The van der Waals surface area contributed by atoms with Gasteiger partial charge in [-0.15, -0.1) is 10.2 Å². The van der Waals surface area contributed by atoms with E-state index < -0.39 is 0 Å². The van der Waals surface area contributed by atoms with Gasteiger partial charge in [0, 0.05) is 5.75 Å². The first-order valence-electron chi connectivity index (χ1n) is 7.51. The summed E-state index contributed by atoms with van der Waals surface area (Å²) < 4.78 is 16.2. The molecule has 0 radical (unpaired) electrons. The minimum atomic E-state index is -0.220. The minimum absolute atomic E-state index is 0.220. The highest BCUT2D eigenvalue weighted by Crippen LogP contribution is 2.31. The fourth-order valence-corrected chi connectivity index (χ4v) is 2.74. The lowest BCUT2D eigenvalue weighted by Gasteiger charge is -2.13. The van der Waals surface area contributed by atoms with Crippen molar-refractivity contribution >= 4 is 11.8 Å². The number of rotatable bonds is 8. The van der Waals surface area contributed by atoms with Crippen molar-refractivity contribution in [2.24, 2.45) is 11.7 Å². The molecule has 0 aliphatic heterocycles. The second kappa shape index (κ2) is 8.21. The molecule has 2 N–H and O–H groups in total. The van der Waals surface area contributed by atoms with Crippen LogP contribution < -0.4 is 15.2 Å². The van der Waals surface area contributed by atoms with E-state index in [1.54, 1.807) is 14.2 Å². The third-order valence-corrected chi connectivity index (χ3v) is 4.66. The van der Waals surface area contributed by atoms with Crippen molar-refractivity contribution in [3.8, 4) is 11.5 Å². The Balaban J connectivity index is 2.00. The second-order valence-electron chi connectivity index (χ2n) is 5.30. The van der Waals surface area contributed by atoms with E-state index in [9.17, 15) is 0 Å². The molecule has 0 aliphatic rings. The minimum Gasteiger partial charge on any atom is -0.493 e. The largest absolute Gasteiger partial charge is 0.493 e.